The summed E-state index contributed by atoms with van der Waals surface area (Å²) in [4.78, 5) is 56.1. The molecule has 2 rings (SSSR count). The predicted molar refractivity (Wildman–Crippen MR) is 120 cm³/mol. The van der Waals surface area contributed by atoms with Crippen LogP contribution in [0.4, 0.5) is 4.79 Å². The van der Waals surface area contributed by atoms with Gasteiger partial charge < -0.3 is 28.9 Å². The fourth-order valence-electron chi connectivity index (χ4n) is 4.10. The number of nitrogens with zero attached hydrogens (tertiary/aromatic N) is 3. The molecule has 3 amide bonds. The lowest BCUT2D eigenvalue weighted by Crippen LogP contribution is -2.59. The van der Waals surface area contributed by atoms with E-state index < -0.39 is 35.5 Å². The van der Waals surface area contributed by atoms with Crippen molar-refractivity contribution in [3.63, 3.8) is 0 Å². The summed E-state index contributed by atoms with van der Waals surface area (Å²) in [6.45, 7) is 13.5. The van der Waals surface area contributed by atoms with E-state index in [-0.39, 0.29) is 31.5 Å². The number of carbonyl (C=O) groups excluding carboxylic acids is 4. The Morgan fingerprint density at radius 3 is 2.24 bits per heavy atom. The van der Waals surface area contributed by atoms with Gasteiger partial charge in [0, 0.05) is 32.7 Å². The second-order valence-electron chi connectivity index (χ2n) is 9.98. The van der Waals surface area contributed by atoms with Crippen molar-refractivity contribution in [2.75, 3.05) is 52.5 Å². The topological polar surface area (TPSA) is 106 Å². The van der Waals surface area contributed by atoms with Crippen molar-refractivity contribution >= 4 is 23.9 Å². The third-order valence-electron chi connectivity index (χ3n) is 5.47. The summed E-state index contributed by atoms with van der Waals surface area (Å²) in [7, 11) is 0. The second kappa shape index (κ2) is 11.7. The normalized spacial score (nSPS) is 21.5. The SMILES string of the molecule is CCOC(=O)C(=O)N(CC(C)C)C1C[C@@H](C(=O)N2CCOCC2)CN(C(=O)OC(C)(C)C)C1. The maximum absolute atomic E-state index is 13.3. The summed E-state index contributed by atoms with van der Waals surface area (Å²) in [5, 5.41) is 0. The molecule has 0 N–H and O–H groups in total. The molecule has 0 spiro atoms. The average molecular weight is 470 g/mol. The first-order chi connectivity index (χ1) is 15.4. The molecule has 2 fully saturated rings. The standard InChI is InChI=1S/C23H39N3O7/c1-7-32-21(29)20(28)26(13-16(2)3)18-12-17(19(27)24-8-10-31-11-9-24)14-25(15-18)22(30)33-23(4,5)6/h16-18H,7-15H2,1-6H3/t17-,18?/m1/s1. The monoisotopic (exact) mass is 469 g/mol. The van der Waals surface area contributed by atoms with E-state index >= 15 is 0 Å². The molecule has 0 aromatic carbocycles. The molecular formula is C23H39N3O7. The molecule has 10 heteroatoms. The number of esters is 1. The Hall–Kier alpha value is -2.36. The minimum absolute atomic E-state index is 0.0775. The lowest BCUT2D eigenvalue weighted by Gasteiger charge is -2.43. The van der Waals surface area contributed by atoms with Gasteiger partial charge in [-0.1, -0.05) is 13.8 Å². The van der Waals surface area contributed by atoms with Crippen molar-refractivity contribution in [2.45, 2.75) is 59.6 Å². The highest BCUT2D eigenvalue weighted by molar-refractivity contribution is 6.32. The van der Waals surface area contributed by atoms with Crippen LogP contribution in [-0.4, -0.2) is 103 Å². The minimum Gasteiger partial charge on any atom is -0.459 e. The zero-order valence-corrected chi connectivity index (χ0v) is 20.8. The van der Waals surface area contributed by atoms with Crippen LogP contribution in [-0.2, 0) is 28.6 Å². The number of likely N-dealkylation sites (tertiary alicyclic amines) is 1. The van der Waals surface area contributed by atoms with E-state index in [9.17, 15) is 19.2 Å². The predicted octanol–water partition coefficient (Wildman–Crippen LogP) is 1.52. The Bertz CT molecular complexity index is 713. The zero-order valence-electron chi connectivity index (χ0n) is 20.8. The number of carbonyl (C=O) groups is 4. The summed E-state index contributed by atoms with van der Waals surface area (Å²) in [6, 6.07) is -0.513. The molecule has 2 atom stereocenters. The first kappa shape index (κ1) is 26.9. The second-order valence-corrected chi connectivity index (χ2v) is 9.98. The highest BCUT2D eigenvalue weighted by Crippen LogP contribution is 2.26. The summed E-state index contributed by atoms with van der Waals surface area (Å²) in [5.41, 5.74) is -0.702. The molecular weight excluding hydrogens is 430 g/mol. The number of hydrogen-bond acceptors (Lipinski definition) is 7. The third-order valence-corrected chi connectivity index (χ3v) is 5.47. The number of rotatable bonds is 5. The lowest BCUT2D eigenvalue weighted by molar-refractivity contribution is -0.162. The largest absolute Gasteiger partial charge is 0.459 e. The highest BCUT2D eigenvalue weighted by atomic mass is 16.6. The van der Waals surface area contributed by atoms with Gasteiger partial charge in [-0.15, -0.1) is 0 Å². The van der Waals surface area contributed by atoms with Crippen LogP contribution in [0.15, 0.2) is 0 Å². The van der Waals surface area contributed by atoms with Crippen LogP contribution in [0, 0.1) is 11.8 Å². The molecule has 0 aromatic rings. The van der Waals surface area contributed by atoms with Crippen LogP contribution >= 0.6 is 0 Å². The van der Waals surface area contributed by atoms with Crippen LogP contribution in [0.25, 0.3) is 0 Å². The smallest absolute Gasteiger partial charge is 0.410 e. The highest BCUT2D eigenvalue weighted by Gasteiger charge is 2.42. The molecule has 2 aliphatic heterocycles. The van der Waals surface area contributed by atoms with Gasteiger partial charge in [0.1, 0.15) is 5.60 Å². The van der Waals surface area contributed by atoms with Gasteiger partial charge in [0.05, 0.1) is 31.8 Å². The van der Waals surface area contributed by atoms with Gasteiger partial charge in [0.2, 0.25) is 5.91 Å². The molecule has 0 radical (unpaired) electrons. The van der Waals surface area contributed by atoms with Crippen molar-refractivity contribution in [3.05, 3.63) is 0 Å². The Kier molecular flexibility index (Phi) is 9.51. The molecule has 2 heterocycles. The quantitative estimate of drug-likeness (QED) is 0.444. The van der Waals surface area contributed by atoms with Gasteiger partial charge in [0.25, 0.3) is 0 Å². The summed E-state index contributed by atoms with van der Waals surface area (Å²) in [6.07, 6.45) is -0.187. The minimum atomic E-state index is -0.927. The molecule has 10 nitrogen and oxygen atoms in total. The van der Waals surface area contributed by atoms with Gasteiger partial charge in [-0.3, -0.25) is 9.59 Å². The zero-order chi connectivity index (χ0) is 24.8. The Morgan fingerprint density at radius 1 is 1.06 bits per heavy atom. The summed E-state index contributed by atoms with van der Waals surface area (Å²) in [5.74, 6) is -2.19. The van der Waals surface area contributed by atoms with E-state index in [0.29, 0.717) is 39.3 Å². The number of morpholine rings is 1. The van der Waals surface area contributed by atoms with Crippen molar-refractivity contribution < 1.29 is 33.4 Å². The van der Waals surface area contributed by atoms with E-state index in [2.05, 4.69) is 0 Å². The number of piperidine rings is 1. The van der Waals surface area contributed by atoms with Crippen molar-refractivity contribution in [3.8, 4) is 0 Å². The fourth-order valence-corrected chi connectivity index (χ4v) is 4.10. The van der Waals surface area contributed by atoms with E-state index in [1.54, 1.807) is 32.6 Å². The van der Waals surface area contributed by atoms with Crippen LogP contribution < -0.4 is 0 Å². The maximum atomic E-state index is 13.3. The molecule has 2 aliphatic rings. The van der Waals surface area contributed by atoms with E-state index in [1.165, 1.54) is 9.80 Å². The van der Waals surface area contributed by atoms with Gasteiger partial charge in [-0.25, -0.2) is 9.59 Å². The van der Waals surface area contributed by atoms with Crippen molar-refractivity contribution in [2.24, 2.45) is 11.8 Å². The molecule has 2 saturated heterocycles. The van der Waals surface area contributed by atoms with Gasteiger partial charge in [-0.2, -0.15) is 0 Å². The van der Waals surface area contributed by atoms with Crippen molar-refractivity contribution in [1.82, 2.24) is 14.7 Å². The summed E-state index contributed by atoms with van der Waals surface area (Å²) >= 11 is 0. The Balaban J connectivity index is 2.31. The maximum Gasteiger partial charge on any atom is 0.410 e. The molecule has 0 bridgehead atoms. The molecule has 0 aliphatic carbocycles. The van der Waals surface area contributed by atoms with E-state index in [4.69, 9.17) is 14.2 Å². The molecule has 1 unspecified atom stereocenters. The lowest BCUT2D eigenvalue weighted by atomic mass is 9.91. The van der Waals surface area contributed by atoms with Gasteiger partial charge in [0.15, 0.2) is 0 Å². The van der Waals surface area contributed by atoms with Crippen LogP contribution in [0.5, 0.6) is 0 Å². The Labute approximate surface area is 196 Å². The number of hydrogen-bond donors (Lipinski definition) is 0. The first-order valence-corrected chi connectivity index (χ1v) is 11.7. The van der Waals surface area contributed by atoms with E-state index in [1.807, 2.05) is 13.8 Å². The molecule has 188 valence electrons. The average Bonchev–Trinajstić information content (AvgIpc) is 2.75. The molecule has 0 aromatic heterocycles. The number of ether oxygens (including phenoxy) is 3. The summed E-state index contributed by atoms with van der Waals surface area (Å²) < 4.78 is 15.8. The van der Waals surface area contributed by atoms with Gasteiger partial charge >= 0.3 is 18.0 Å². The molecule has 33 heavy (non-hydrogen) atoms. The first-order valence-electron chi connectivity index (χ1n) is 11.7. The molecule has 0 saturated carbocycles. The third kappa shape index (κ3) is 7.87. The van der Waals surface area contributed by atoms with E-state index in [0.717, 1.165) is 0 Å². The van der Waals surface area contributed by atoms with Crippen molar-refractivity contribution in [1.29, 1.82) is 0 Å². The van der Waals surface area contributed by atoms with Crippen LogP contribution in [0.2, 0.25) is 0 Å². The number of amides is 3. The van der Waals surface area contributed by atoms with Crippen LogP contribution in [0.3, 0.4) is 0 Å². The fraction of sp³-hybridized carbons (Fsp3) is 0.826. The Morgan fingerprint density at radius 2 is 1.70 bits per heavy atom. The van der Waals surface area contributed by atoms with Crippen LogP contribution in [0.1, 0.15) is 48.0 Å². The van der Waals surface area contributed by atoms with Gasteiger partial charge in [-0.05, 0) is 40.0 Å².